The summed E-state index contributed by atoms with van der Waals surface area (Å²) in [6.45, 7) is 1.40. The Balaban J connectivity index is 2.01. The van der Waals surface area contributed by atoms with Gasteiger partial charge in [0, 0.05) is 11.1 Å². The third kappa shape index (κ3) is 6.46. The van der Waals surface area contributed by atoms with Crippen LogP contribution < -0.4 is 4.74 Å². The zero-order valence-corrected chi connectivity index (χ0v) is 16.5. The van der Waals surface area contributed by atoms with Gasteiger partial charge in [-0.25, -0.2) is 4.79 Å². The highest BCUT2D eigenvalue weighted by Crippen LogP contribution is 2.13. The number of rotatable bonds is 10. The molecule has 8 heteroatoms. The zero-order chi connectivity index (χ0) is 21.1. The Kier molecular flexibility index (Phi) is 8.37. The molecule has 0 heterocycles. The van der Waals surface area contributed by atoms with E-state index in [2.05, 4.69) is 10.3 Å². The lowest BCUT2D eigenvalue weighted by Gasteiger charge is -2.10. The van der Waals surface area contributed by atoms with Crippen LogP contribution in [0.15, 0.2) is 64.9 Å². The summed E-state index contributed by atoms with van der Waals surface area (Å²) in [5.41, 5.74) is 1.27. The summed E-state index contributed by atoms with van der Waals surface area (Å²) >= 11 is 0. The molecular weight excluding hydrogens is 376 g/mol. The molecule has 0 saturated carbocycles. The number of ether oxygens (including phenoxy) is 2. The number of hydrogen-bond acceptors (Lipinski definition) is 8. The number of methoxy groups -OCH3 is 1. The third-order valence-electron chi connectivity index (χ3n) is 3.77. The minimum Gasteiger partial charge on any atom is -0.485 e. The summed E-state index contributed by atoms with van der Waals surface area (Å²) in [5, 5.41) is 7.57. The van der Waals surface area contributed by atoms with Gasteiger partial charge in [0.25, 0.3) is 0 Å². The second-order valence-electron chi connectivity index (χ2n) is 5.75. The van der Waals surface area contributed by atoms with Gasteiger partial charge in [0.05, 0.1) is 7.11 Å². The van der Waals surface area contributed by atoms with Crippen LogP contribution in [0.2, 0.25) is 0 Å². The predicted octanol–water partition coefficient (Wildman–Crippen LogP) is 2.75. The Labute approximate surface area is 168 Å². The van der Waals surface area contributed by atoms with Crippen molar-refractivity contribution in [1.82, 2.24) is 0 Å². The van der Waals surface area contributed by atoms with Crippen molar-refractivity contribution in [3.63, 3.8) is 0 Å². The third-order valence-corrected chi connectivity index (χ3v) is 3.77. The van der Waals surface area contributed by atoms with Crippen molar-refractivity contribution < 1.29 is 28.7 Å². The Morgan fingerprint density at radius 1 is 0.931 bits per heavy atom. The topological polar surface area (TPSA) is 95.8 Å². The molecule has 0 N–H and O–H groups in total. The Morgan fingerprint density at radius 2 is 1.62 bits per heavy atom. The molecule has 0 radical (unpaired) electrons. The van der Waals surface area contributed by atoms with E-state index < -0.39 is 5.97 Å². The number of Topliss-reactive ketones (excluding diaryl/α,β-unsaturated/α-hetero) is 1. The monoisotopic (exact) mass is 398 g/mol. The summed E-state index contributed by atoms with van der Waals surface area (Å²) in [7, 11) is 2.59. The van der Waals surface area contributed by atoms with Gasteiger partial charge in [0.1, 0.15) is 25.2 Å². The highest BCUT2D eigenvalue weighted by atomic mass is 16.6. The molecule has 29 heavy (non-hydrogen) atoms. The van der Waals surface area contributed by atoms with Gasteiger partial charge in [-0.3, -0.25) is 4.79 Å². The average Bonchev–Trinajstić information content (AvgIpc) is 2.76. The number of carbonyl (C=O) groups is 2. The Morgan fingerprint density at radius 3 is 2.31 bits per heavy atom. The first-order valence-corrected chi connectivity index (χ1v) is 8.72. The van der Waals surface area contributed by atoms with Crippen molar-refractivity contribution in [3.05, 3.63) is 65.7 Å². The van der Waals surface area contributed by atoms with Crippen molar-refractivity contribution in [1.29, 1.82) is 0 Å². The number of benzene rings is 2. The predicted molar refractivity (Wildman–Crippen MR) is 107 cm³/mol. The van der Waals surface area contributed by atoms with Gasteiger partial charge < -0.3 is 19.1 Å². The first-order chi connectivity index (χ1) is 14.1. The molecule has 0 aromatic heterocycles. The number of hydrogen-bond donors (Lipinski definition) is 0. The largest absolute Gasteiger partial charge is 0.485 e. The van der Waals surface area contributed by atoms with Gasteiger partial charge in [-0.05, 0) is 19.1 Å². The minimum absolute atomic E-state index is 0.00207. The van der Waals surface area contributed by atoms with Crippen molar-refractivity contribution >= 4 is 23.2 Å². The van der Waals surface area contributed by atoms with Crippen LogP contribution in [0.5, 0.6) is 5.75 Å². The van der Waals surface area contributed by atoms with Crippen LogP contribution in [0.25, 0.3) is 0 Å². The highest BCUT2D eigenvalue weighted by Gasteiger charge is 2.19. The van der Waals surface area contributed by atoms with E-state index in [4.69, 9.17) is 19.1 Å². The summed E-state index contributed by atoms with van der Waals surface area (Å²) in [5.74, 6) is -0.359. The number of oxime groups is 2. The molecule has 152 valence electrons. The van der Waals surface area contributed by atoms with E-state index in [1.807, 2.05) is 18.2 Å². The van der Waals surface area contributed by atoms with Crippen molar-refractivity contribution in [3.8, 4) is 5.75 Å². The maximum Gasteiger partial charge on any atom is 0.360 e. The van der Waals surface area contributed by atoms with E-state index in [0.717, 1.165) is 0 Å². The number of nitrogens with zero attached hydrogens (tertiary/aromatic N) is 2. The lowest BCUT2D eigenvalue weighted by Crippen LogP contribution is -2.20. The molecule has 0 bridgehead atoms. The van der Waals surface area contributed by atoms with E-state index in [1.165, 1.54) is 21.1 Å². The SMILES string of the molecule is CON=C(C(=O)OC)c1ccccc1CON=C(C)C(=O)COc1ccccc1. The maximum absolute atomic E-state index is 12.1. The maximum atomic E-state index is 12.1. The second kappa shape index (κ2) is 11.2. The molecule has 0 aliphatic rings. The van der Waals surface area contributed by atoms with Crippen LogP contribution in [-0.4, -0.2) is 44.0 Å². The fourth-order valence-corrected chi connectivity index (χ4v) is 2.28. The molecule has 0 amide bonds. The first kappa shape index (κ1) is 21.6. The van der Waals surface area contributed by atoms with E-state index in [0.29, 0.717) is 16.9 Å². The normalized spacial score (nSPS) is 11.6. The van der Waals surface area contributed by atoms with Gasteiger partial charge in [-0.15, -0.1) is 0 Å². The minimum atomic E-state index is -0.646. The Hall–Kier alpha value is -3.68. The number of carbonyl (C=O) groups excluding carboxylic acids is 2. The van der Waals surface area contributed by atoms with Gasteiger partial charge in [0.2, 0.25) is 5.78 Å². The lowest BCUT2D eigenvalue weighted by molar-refractivity contribution is -0.132. The highest BCUT2D eigenvalue weighted by molar-refractivity contribution is 6.43. The molecule has 2 aromatic carbocycles. The van der Waals surface area contributed by atoms with Crippen molar-refractivity contribution in [2.24, 2.45) is 10.3 Å². The molecule has 0 fully saturated rings. The molecule has 0 saturated heterocycles. The fourth-order valence-electron chi connectivity index (χ4n) is 2.28. The molecular formula is C21H22N2O6. The fraction of sp³-hybridized carbons (Fsp3) is 0.238. The molecule has 0 aliphatic heterocycles. The van der Waals surface area contributed by atoms with Crippen LogP contribution in [0, 0.1) is 0 Å². The van der Waals surface area contributed by atoms with Gasteiger partial charge in [-0.2, -0.15) is 0 Å². The summed E-state index contributed by atoms with van der Waals surface area (Å²) in [4.78, 5) is 34.1. The second-order valence-corrected chi connectivity index (χ2v) is 5.75. The van der Waals surface area contributed by atoms with E-state index in [-0.39, 0.29) is 30.4 Å². The van der Waals surface area contributed by atoms with Crippen LogP contribution in [0.1, 0.15) is 18.1 Å². The van der Waals surface area contributed by atoms with Gasteiger partial charge in [-0.1, -0.05) is 52.8 Å². The molecule has 0 spiro atoms. The number of esters is 1. The molecule has 0 unspecified atom stereocenters. The summed E-state index contributed by atoms with van der Waals surface area (Å²) in [6, 6.07) is 16.0. The molecule has 2 rings (SSSR count). The number of para-hydroxylation sites is 1. The van der Waals surface area contributed by atoms with Crippen LogP contribution >= 0.6 is 0 Å². The molecule has 8 nitrogen and oxygen atoms in total. The summed E-state index contributed by atoms with van der Waals surface area (Å²) < 4.78 is 10.1. The molecule has 0 aliphatic carbocycles. The van der Waals surface area contributed by atoms with E-state index in [9.17, 15) is 9.59 Å². The lowest BCUT2D eigenvalue weighted by atomic mass is 10.0. The van der Waals surface area contributed by atoms with Crippen molar-refractivity contribution in [2.45, 2.75) is 13.5 Å². The van der Waals surface area contributed by atoms with E-state index in [1.54, 1.807) is 36.4 Å². The molecule has 0 atom stereocenters. The zero-order valence-electron chi connectivity index (χ0n) is 16.5. The standard InChI is InChI=1S/C21H22N2O6/c1-15(19(24)14-28-17-10-5-4-6-11-17)22-29-13-16-9-7-8-12-18(16)20(23-27-3)21(25)26-2/h4-12H,13-14H2,1-3H3. The number of ketones is 1. The Bertz CT molecular complexity index is 893. The molecule has 2 aromatic rings. The van der Waals surface area contributed by atoms with E-state index >= 15 is 0 Å². The first-order valence-electron chi connectivity index (χ1n) is 8.72. The van der Waals surface area contributed by atoms with Crippen LogP contribution in [0.4, 0.5) is 0 Å². The van der Waals surface area contributed by atoms with Crippen molar-refractivity contribution in [2.75, 3.05) is 20.8 Å². The van der Waals surface area contributed by atoms with Gasteiger partial charge in [0.15, 0.2) is 12.3 Å². The van der Waals surface area contributed by atoms with Gasteiger partial charge >= 0.3 is 5.97 Å². The smallest absolute Gasteiger partial charge is 0.360 e. The average molecular weight is 398 g/mol. The van der Waals surface area contributed by atoms with Crippen LogP contribution in [0.3, 0.4) is 0 Å². The quantitative estimate of drug-likeness (QED) is 0.347. The van der Waals surface area contributed by atoms with Crippen LogP contribution in [-0.2, 0) is 30.6 Å². The summed E-state index contributed by atoms with van der Waals surface area (Å²) in [6.07, 6.45) is 0.